The van der Waals surface area contributed by atoms with Crippen molar-refractivity contribution in [1.29, 1.82) is 0 Å². The molecule has 2 amide bonds. The van der Waals surface area contributed by atoms with Crippen LogP contribution in [0.2, 0.25) is 0 Å². The van der Waals surface area contributed by atoms with E-state index in [1.54, 1.807) is 16.6 Å². The summed E-state index contributed by atoms with van der Waals surface area (Å²) in [6.07, 6.45) is 1.63. The van der Waals surface area contributed by atoms with Crippen LogP contribution in [0.5, 0.6) is 5.75 Å². The largest absolute Gasteiger partial charge is 0.485 e. The van der Waals surface area contributed by atoms with Crippen LogP contribution in [0, 0.1) is 5.82 Å². The van der Waals surface area contributed by atoms with E-state index in [1.807, 2.05) is 18.2 Å². The lowest BCUT2D eigenvalue weighted by Gasteiger charge is -2.43. The molecule has 2 aromatic heterocycles. The number of nitrogens with zero attached hydrogens (tertiary/aromatic N) is 4. The van der Waals surface area contributed by atoms with E-state index in [0.717, 1.165) is 23.6 Å². The Hall–Kier alpha value is -2.94. The zero-order valence-corrected chi connectivity index (χ0v) is 15.7. The molecule has 2 fully saturated rings. The topological polar surface area (TPSA) is 70.6 Å². The molecule has 0 bridgehead atoms. The number of pyridine rings is 1. The molecule has 0 unspecified atom stereocenters. The Morgan fingerprint density at radius 3 is 2.86 bits per heavy atom. The maximum atomic E-state index is 13.7. The van der Waals surface area contributed by atoms with Crippen molar-refractivity contribution in [2.75, 3.05) is 31.1 Å². The van der Waals surface area contributed by atoms with Gasteiger partial charge in [-0.3, -0.25) is 0 Å². The molecule has 144 valence electrons. The molecule has 0 radical (unpaired) electrons. The Balaban J connectivity index is 1.10. The zero-order valence-electron chi connectivity index (χ0n) is 14.9. The highest BCUT2D eigenvalue weighted by Crippen LogP contribution is 2.32. The summed E-state index contributed by atoms with van der Waals surface area (Å²) in [6, 6.07) is 8.60. The minimum Gasteiger partial charge on any atom is -0.485 e. The van der Waals surface area contributed by atoms with Crippen LogP contribution in [0.15, 0.2) is 42.0 Å². The number of hydrogen-bond donors (Lipinski definition) is 1. The van der Waals surface area contributed by atoms with E-state index in [0.29, 0.717) is 24.4 Å². The Bertz CT molecular complexity index is 1000. The summed E-state index contributed by atoms with van der Waals surface area (Å²) in [5, 5.41) is 3.03. The first-order chi connectivity index (χ1) is 13.7. The van der Waals surface area contributed by atoms with Crippen LogP contribution in [-0.2, 0) is 0 Å². The Kier molecular flexibility index (Phi) is 4.23. The average Bonchev–Trinajstić information content (AvgIpc) is 3.09. The molecule has 0 saturated carbocycles. The van der Waals surface area contributed by atoms with Crippen LogP contribution in [0.1, 0.15) is 0 Å². The van der Waals surface area contributed by atoms with Gasteiger partial charge < -0.3 is 19.9 Å². The van der Waals surface area contributed by atoms with Gasteiger partial charge in [0.25, 0.3) is 0 Å². The number of aromatic nitrogens is 2. The van der Waals surface area contributed by atoms with Gasteiger partial charge in [-0.1, -0.05) is 6.07 Å². The van der Waals surface area contributed by atoms with Crippen molar-refractivity contribution < 1.29 is 13.9 Å². The van der Waals surface area contributed by atoms with E-state index in [4.69, 9.17) is 4.74 Å². The van der Waals surface area contributed by atoms with E-state index >= 15 is 0 Å². The molecule has 7 nitrogen and oxygen atoms in total. The van der Waals surface area contributed by atoms with Crippen molar-refractivity contribution >= 4 is 33.4 Å². The van der Waals surface area contributed by atoms with Gasteiger partial charge in [0.15, 0.2) is 0 Å². The fourth-order valence-corrected chi connectivity index (χ4v) is 4.14. The number of hydrogen-bond acceptors (Lipinski definition) is 6. The summed E-state index contributed by atoms with van der Waals surface area (Å²) >= 11 is 1.42. The standard InChI is InChI=1S/C19H18FN5O2S/c20-12-5-15-18(28-11-22-15)16(6-12)27-14-9-25(10-14)19(26)23-13-7-24(8-13)17-3-1-2-4-21-17/h1-6,11,13-14H,7-10H2,(H,23,26). The molecule has 3 aromatic rings. The second kappa shape index (κ2) is 6.90. The summed E-state index contributed by atoms with van der Waals surface area (Å²) in [5.74, 6) is 1.05. The molecule has 0 aliphatic carbocycles. The normalized spacial score (nSPS) is 17.3. The number of likely N-dealkylation sites (tertiary alicyclic amines) is 1. The van der Waals surface area contributed by atoms with Crippen LogP contribution in [0.25, 0.3) is 10.2 Å². The molecule has 2 aliphatic rings. The lowest BCUT2D eigenvalue weighted by atomic mass is 10.1. The predicted molar refractivity (Wildman–Crippen MR) is 104 cm³/mol. The van der Waals surface area contributed by atoms with Crippen molar-refractivity contribution in [3.8, 4) is 5.75 Å². The highest BCUT2D eigenvalue weighted by atomic mass is 32.1. The minimum absolute atomic E-state index is 0.0901. The number of carbonyl (C=O) groups is 1. The lowest BCUT2D eigenvalue weighted by molar-refractivity contribution is 0.0440. The molecule has 0 atom stereocenters. The second-order valence-electron chi connectivity index (χ2n) is 6.99. The zero-order chi connectivity index (χ0) is 19.1. The average molecular weight is 399 g/mol. The smallest absolute Gasteiger partial charge is 0.317 e. The second-order valence-corrected chi connectivity index (χ2v) is 7.84. The predicted octanol–water partition coefficient (Wildman–Crippen LogP) is 2.49. The third-order valence-electron chi connectivity index (χ3n) is 4.97. The summed E-state index contributed by atoms with van der Waals surface area (Å²) in [7, 11) is 0. The number of anilines is 1. The lowest BCUT2D eigenvalue weighted by Crippen LogP contribution is -2.65. The molecule has 2 saturated heterocycles. The minimum atomic E-state index is -0.371. The number of amides is 2. The summed E-state index contributed by atoms with van der Waals surface area (Å²) in [5.41, 5.74) is 2.26. The van der Waals surface area contributed by atoms with Gasteiger partial charge in [0.1, 0.15) is 23.5 Å². The number of urea groups is 1. The van der Waals surface area contributed by atoms with Gasteiger partial charge in [-0.25, -0.2) is 19.2 Å². The van der Waals surface area contributed by atoms with Gasteiger partial charge in [0, 0.05) is 31.4 Å². The third kappa shape index (κ3) is 3.22. The number of rotatable bonds is 4. The van der Waals surface area contributed by atoms with Crippen molar-refractivity contribution in [2.24, 2.45) is 0 Å². The van der Waals surface area contributed by atoms with Crippen molar-refractivity contribution in [3.05, 3.63) is 47.9 Å². The quantitative estimate of drug-likeness (QED) is 0.730. The number of ether oxygens (including phenoxy) is 1. The Morgan fingerprint density at radius 2 is 2.07 bits per heavy atom. The molecule has 1 aromatic carbocycles. The van der Waals surface area contributed by atoms with Gasteiger partial charge in [-0.2, -0.15) is 0 Å². The van der Waals surface area contributed by atoms with Gasteiger partial charge in [0.05, 0.1) is 34.9 Å². The fraction of sp³-hybridized carbons (Fsp3) is 0.316. The van der Waals surface area contributed by atoms with E-state index < -0.39 is 0 Å². The molecule has 1 N–H and O–H groups in total. The summed E-state index contributed by atoms with van der Waals surface area (Å²) < 4.78 is 20.4. The molecule has 2 aliphatic heterocycles. The van der Waals surface area contributed by atoms with Crippen LogP contribution in [0.3, 0.4) is 0 Å². The van der Waals surface area contributed by atoms with Gasteiger partial charge in [-0.15, -0.1) is 11.3 Å². The van der Waals surface area contributed by atoms with E-state index in [1.165, 1.54) is 23.5 Å². The van der Waals surface area contributed by atoms with E-state index in [9.17, 15) is 9.18 Å². The van der Waals surface area contributed by atoms with Crippen molar-refractivity contribution in [1.82, 2.24) is 20.2 Å². The monoisotopic (exact) mass is 399 g/mol. The summed E-state index contributed by atoms with van der Waals surface area (Å²) in [4.78, 5) is 24.6. The van der Waals surface area contributed by atoms with Crippen LogP contribution in [-0.4, -0.2) is 59.2 Å². The SMILES string of the molecule is O=C(NC1CN(c2ccccn2)C1)N1CC(Oc2cc(F)cc3ncsc23)C1. The van der Waals surface area contributed by atoms with E-state index in [2.05, 4.69) is 20.2 Å². The van der Waals surface area contributed by atoms with Crippen molar-refractivity contribution in [2.45, 2.75) is 12.1 Å². The van der Waals surface area contributed by atoms with Gasteiger partial charge in [0.2, 0.25) is 0 Å². The molecular formula is C19H18FN5O2S. The molecule has 5 rings (SSSR count). The third-order valence-corrected chi connectivity index (χ3v) is 5.83. The number of nitrogens with one attached hydrogen (secondary N) is 1. The highest BCUT2D eigenvalue weighted by molar-refractivity contribution is 7.17. The number of halogens is 1. The molecule has 4 heterocycles. The van der Waals surface area contributed by atoms with Crippen molar-refractivity contribution in [3.63, 3.8) is 0 Å². The first-order valence-corrected chi connectivity index (χ1v) is 9.94. The number of fused-ring (bicyclic) bond motifs is 1. The molecule has 0 spiro atoms. The number of carbonyl (C=O) groups excluding carboxylic acids is 1. The maximum Gasteiger partial charge on any atom is 0.317 e. The van der Waals surface area contributed by atoms with Crippen LogP contribution in [0.4, 0.5) is 15.0 Å². The summed E-state index contributed by atoms with van der Waals surface area (Å²) in [6.45, 7) is 2.48. The first-order valence-electron chi connectivity index (χ1n) is 9.06. The fourth-order valence-electron chi connectivity index (χ4n) is 3.41. The molecule has 28 heavy (non-hydrogen) atoms. The molecule has 9 heteroatoms. The Labute approximate surface area is 164 Å². The maximum absolute atomic E-state index is 13.7. The van der Waals surface area contributed by atoms with E-state index in [-0.39, 0.29) is 24.0 Å². The van der Waals surface area contributed by atoms with Crippen LogP contribution < -0.4 is 15.0 Å². The number of benzene rings is 1. The van der Waals surface area contributed by atoms with Gasteiger partial charge in [-0.05, 0) is 12.1 Å². The molecular weight excluding hydrogens is 381 g/mol. The highest BCUT2D eigenvalue weighted by Gasteiger charge is 2.36. The van der Waals surface area contributed by atoms with Gasteiger partial charge >= 0.3 is 6.03 Å². The first kappa shape index (κ1) is 17.2. The number of thiazole rings is 1. The Morgan fingerprint density at radius 1 is 1.21 bits per heavy atom. The van der Waals surface area contributed by atoms with Crippen LogP contribution >= 0.6 is 11.3 Å².